The quantitative estimate of drug-likeness (QED) is 0.675. The molecule has 1 aromatic rings. The van der Waals surface area contributed by atoms with Crippen LogP contribution in [0.3, 0.4) is 0 Å². The highest BCUT2D eigenvalue weighted by Gasteiger charge is 2.15. The van der Waals surface area contributed by atoms with Crippen molar-refractivity contribution < 1.29 is 14.7 Å². The van der Waals surface area contributed by atoms with Gasteiger partial charge in [-0.05, 0) is 31.0 Å². The molecule has 6 nitrogen and oxygen atoms in total. The second-order valence-electron chi connectivity index (χ2n) is 4.60. The van der Waals surface area contributed by atoms with Crippen molar-refractivity contribution in [3.8, 4) is 5.75 Å². The van der Waals surface area contributed by atoms with E-state index in [1.807, 2.05) is 6.92 Å². The Labute approximate surface area is 118 Å². The van der Waals surface area contributed by atoms with Gasteiger partial charge < -0.3 is 21.1 Å². The number of hydrogen-bond acceptors (Lipinski definition) is 4. The average molecular weight is 279 g/mol. The first-order valence-corrected chi connectivity index (χ1v) is 6.49. The molecular formula is C14H21N3O3. The minimum absolute atomic E-state index is 0.0492. The molecule has 0 heterocycles. The summed E-state index contributed by atoms with van der Waals surface area (Å²) in [5.41, 5.74) is 6.63. The lowest BCUT2D eigenvalue weighted by Crippen LogP contribution is -2.46. The van der Waals surface area contributed by atoms with Crippen molar-refractivity contribution in [3.05, 3.63) is 29.8 Å². The van der Waals surface area contributed by atoms with E-state index in [9.17, 15) is 9.59 Å². The maximum Gasteiger partial charge on any atom is 0.241 e. The topological polar surface area (TPSA) is 95.7 Å². The SMILES string of the molecule is CCN(C)C(=O)CNC(=O)[C@H](N)Cc1ccc(O)cc1. The number of nitrogens with one attached hydrogen (secondary N) is 1. The van der Waals surface area contributed by atoms with Crippen LogP contribution in [0.25, 0.3) is 0 Å². The predicted octanol–water partition coefficient (Wildman–Crippen LogP) is -0.143. The van der Waals surface area contributed by atoms with Gasteiger partial charge in [-0.25, -0.2) is 0 Å². The van der Waals surface area contributed by atoms with Crippen LogP contribution < -0.4 is 11.1 Å². The molecule has 0 saturated heterocycles. The first kappa shape index (κ1) is 16.0. The monoisotopic (exact) mass is 279 g/mol. The number of phenols is 1. The van der Waals surface area contributed by atoms with E-state index in [4.69, 9.17) is 10.8 Å². The molecule has 0 radical (unpaired) electrons. The fourth-order valence-electron chi connectivity index (χ4n) is 1.58. The van der Waals surface area contributed by atoms with Crippen molar-refractivity contribution in [2.24, 2.45) is 5.73 Å². The third-order valence-corrected chi connectivity index (χ3v) is 3.04. The molecule has 1 atom stereocenters. The number of carbonyl (C=O) groups is 2. The minimum atomic E-state index is -0.723. The maximum atomic E-state index is 11.8. The van der Waals surface area contributed by atoms with Crippen LogP contribution in [0.15, 0.2) is 24.3 Å². The van der Waals surface area contributed by atoms with Gasteiger partial charge >= 0.3 is 0 Å². The number of rotatable bonds is 6. The molecule has 4 N–H and O–H groups in total. The van der Waals surface area contributed by atoms with E-state index in [0.717, 1.165) is 5.56 Å². The Balaban J connectivity index is 2.43. The summed E-state index contributed by atoms with van der Waals surface area (Å²) in [6.45, 7) is 2.40. The molecule has 0 aromatic heterocycles. The van der Waals surface area contributed by atoms with E-state index >= 15 is 0 Å². The highest BCUT2D eigenvalue weighted by Crippen LogP contribution is 2.10. The molecule has 0 unspecified atom stereocenters. The zero-order valence-corrected chi connectivity index (χ0v) is 11.8. The number of nitrogens with zero attached hydrogens (tertiary/aromatic N) is 1. The highest BCUT2D eigenvalue weighted by molar-refractivity contribution is 5.87. The second kappa shape index (κ2) is 7.49. The van der Waals surface area contributed by atoms with E-state index in [-0.39, 0.29) is 24.1 Å². The number of carbonyl (C=O) groups excluding carboxylic acids is 2. The van der Waals surface area contributed by atoms with Gasteiger partial charge in [-0.15, -0.1) is 0 Å². The molecule has 0 saturated carbocycles. The maximum absolute atomic E-state index is 11.8. The number of phenolic OH excluding ortho intramolecular Hbond substituents is 1. The van der Waals surface area contributed by atoms with Crippen LogP contribution in [-0.4, -0.2) is 48.0 Å². The van der Waals surface area contributed by atoms with Crippen LogP contribution >= 0.6 is 0 Å². The molecule has 1 rings (SSSR count). The zero-order chi connectivity index (χ0) is 15.1. The summed E-state index contributed by atoms with van der Waals surface area (Å²) < 4.78 is 0. The molecular weight excluding hydrogens is 258 g/mol. The molecule has 2 amide bonds. The van der Waals surface area contributed by atoms with E-state index in [1.54, 1.807) is 31.3 Å². The van der Waals surface area contributed by atoms with Gasteiger partial charge in [-0.1, -0.05) is 12.1 Å². The summed E-state index contributed by atoms with van der Waals surface area (Å²) in [6, 6.07) is 5.77. The number of amides is 2. The van der Waals surface area contributed by atoms with Gasteiger partial charge in [0.15, 0.2) is 0 Å². The first-order chi connectivity index (χ1) is 9.43. The summed E-state index contributed by atoms with van der Waals surface area (Å²) in [5, 5.41) is 11.7. The normalized spacial score (nSPS) is 11.8. The zero-order valence-electron chi connectivity index (χ0n) is 11.8. The molecule has 20 heavy (non-hydrogen) atoms. The van der Waals surface area contributed by atoms with Crippen molar-refractivity contribution in [2.45, 2.75) is 19.4 Å². The third-order valence-electron chi connectivity index (χ3n) is 3.04. The van der Waals surface area contributed by atoms with Crippen LogP contribution in [0.1, 0.15) is 12.5 Å². The Hall–Kier alpha value is -2.08. The number of benzene rings is 1. The first-order valence-electron chi connectivity index (χ1n) is 6.49. The molecule has 6 heteroatoms. The van der Waals surface area contributed by atoms with Crippen LogP contribution in [-0.2, 0) is 16.0 Å². The van der Waals surface area contributed by atoms with Crippen molar-refractivity contribution in [3.63, 3.8) is 0 Å². The largest absolute Gasteiger partial charge is 0.508 e. The third kappa shape index (κ3) is 4.89. The lowest BCUT2D eigenvalue weighted by molar-refractivity contribution is -0.132. The molecule has 1 aromatic carbocycles. The highest BCUT2D eigenvalue weighted by atomic mass is 16.3. The molecule has 0 aliphatic heterocycles. The van der Waals surface area contributed by atoms with Gasteiger partial charge in [0.2, 0.25) is 11.8 Å². The average Bonchev–Trinajstić information content (AvgIpc) is 2.45. The molecule has 0 fully saturated rings. The standard InChI is InChI=1S/C14H21N3O3/c1-3-17(2)13(19)9-16-14(20)12(15)8-10-4-6-11(18)7-5-10/h4-7,12,18H,3,8-9,15H2,1-2H3,(H,16,20)/t12-/m1/s1. The summed E-state index contributed by atoms with van der Waals surface area (Å²) in [4.78, 5) is 24.8. The van der Waals surface area contributed by atoms with Gasteiger partial charge in [0.05, 0.1) is 12.6 Å². The van der Waals surface area contributed by atoms with Crippen molar-refractivity contribution in [1.29, 1.82) is 0 Å². The molecule has 0 bridgehead atoms. The van der Waals surface area contributed by atoms with Gasteiger partial charge in [0, 0.05) is 13.6 Å². The molecule has 110 valence electrons. The number of nitrogens with two attached hydrogens (primary N) is 1. The van der Waals surface area contributed by atoms with Gasteiger partial charge in [0.1, 0.15) is 5.75 Å². The Kier molecular flexibility index (Phi) is 5.99. The summed E-state index contributed by atoms with van der Waals surface area (Å²) in [6.07, 6.45) is 0.351. The van der Waals surface area contributed by atoms with Crippen LogP contribution in [0.4, 0.5) is 0 Å². The number of aromatic hydroxyl groups is 1. The fraction of sp³-hybridized carbons (Fsp3) is 0.429. The Morgan fingerprint density at radius 2 is 1.95 bits per heavy atom. The van der Waals surface area contributed by atoms with Crippen molar-refractivity contribution >= 4 is 11.8 Å². The van der Waals surface area contributed by atoms with Crippen LogP contribution in [0, 0.1) is 0 Å². The summed E-state index contributed by atoms with van der Waals surface area (Å²) in [5.74, 6) is -0.353. The second-order valence-corrected chi connectivity index (χ2v) is 4.60. The lowest BCUT2D eigenvalue weighted by atomic mass is 10.1. The summed E-state index contributed by atoms with van der Waals surface area (Å²) in [7, 11) is 1.67. The van der Waals surface area contributed by atoms with Gasteiger partial charge in [0.25, 0.3) is 0 Å². The smallest absolute Gasteiger partial charge is 0.241 e. The molecule has 0 aliphatic carbocycles. The number of hydrogen-bond donors (Lipinski definition) is 3. The Morgan fingerprint density at radius 1 is 1.35 bits per heavy atom. The van der Waals surface area contributed by atoms with E-state index in [2.05, 4.69) is 5.32 Å². The van der Waals surface area contributed by atoms with E-state index in [1.165, 1.54) is 4.90 Å². The van der Waals surface area contributed by atoms with E-state index in [0.29, 0.717) is 13.0 Å². The minimum Gasteiger partial charge on any atom is -0.508 e. The van der Waals surface area contributed by atoms with Gasteiger partial charge in [-0.2, -0.15) is 0 Å². The molecule has 0 aliphatic rings. The lowest BCUT2D eigenvalue weighted by Gasteiger charge is -2.16. The number of likely N-dealkylation sites (N-methyl/N-ethyl adjacent to an activating group) is 1. The van der Waals surface area contributed by atoms with Gasteiger partial charge in [-0.3, -0.25) is 9.59 Å². The summed E-state index contributed by atoms with van der Waals surface area (Å²) >= 11 is 0. The van der Waals surface area contributed by atoms with Crippen LogP contribution in [0.5, 0.6) is 5.75 Å². The Bertz CT molecular complexity index is 459. The van der Waals surface area contributed by atoms with Crippen molar-refractivity contribution in [2.75, 3.05) is 20.1 Å². The Morgan fingerprint density at radius 3 is 2.50 bits per heavy atom. The predicted molar refractivity (Wildman–Crippen MR) is 76.1 cm³/mol. The van der Waals surface area contributed by atoms with E-state index < -0.39 is 6.04 Å². The fourth-order valence-corrected chi connectivity index (χ4v) is 1.58. The van der Waals surface area contributed by atoms with Crippen LogP contribution in [0.2, 0.25) is 0 Å². The van der Waals surface area contributed by atoms with Crippen molar-refractivity contribution in [1.82, 2.24) is 10.2 Å². The molecule has 0 spiro atoms.